The maximum absolute atomic E-state index is 13.4. The van der Waals surface area contributed by atoms with Gasteiger partial charge in [-0.2, -0.15) is 0 Å². The molecule has 1 saturated carbocycles. The van der Waals surface area contributed by atoms with Crippen LogP contribution in [0.15, 0.2) is 85.1 Å². The van der Waals surface area contributed by atoms with E-state index >= 15 is 0 Å². The van der Waals surface area contributed by atoms with E-state index in [0.717, 1.165) is 41.1 Å². The molecule has 1 aromatic heterocycles. The van der Waals surface area contributed by atoms with Crippen LogP contribution in [0.25, 0.3) is 16.9 Å². The molecule has 0 radical (unpaired) electrons. The van der Waals surface area contributed by atoms with Crippen molar-refractivity contribution in [3.05, 3.63) is 96.2 Å². The number of hydrogen-bond donors (Lipinski definition) is 1. The Morgan fingerprint density at radius 2 is 1.79 bits per heavy atom. The molecule has 2 amide bonds. The maximum Gasteiger partial charge on any atom is 0.254 e. The number of rotatable bonds is 10. The molecule has 0 unspecified atom stereocenters. The van der Waals surface area contributed by atoms with Crippen molar-refractivity contribution >= 4 is 17.8 Å². The standard InChI is InChI=1S/C31H32N4O3/c1-3-38-26-14-9-13-25(18-26)35-20-28(24-11-5-4-6-12-24)32-31(35)33-29(36)21-34(19-23-16-17-23)30(37)27-15-8-7-10-22(27)2/h4-15,18,20,23H,3,16-17,19,21H2,1-2H3,(H,32,33,36). The summed E-state index contributed by atoms with van der Waals surface area (Å²) in [6, 6.07) is 25.0. The summed E-state index contributed by atoms with van der Waals surface area (Å²) in [5.74, 6) is 1.15. The Morgan fingerprint density at radius 3 is 2.53 bits per heavy atom. The monoisotopic (exact) mass is 508 g/mol. The second-order valence-electron chi connectivity index (χ2n) is 9.61. The Balaban J connectivity index is 1.42. The minimum absolute atomic E-state index is 0.0455. The van der Waals surface area contributed by atoms with Gasteiger partial charge < -0.3 is 9.64 Å². The van der Waals surface area contributed by atoms with Crippen molar-refractivity contribution in [2.75, 3.05) is 25.0 Å². The maximum atomic E-state index is 13.4. The normalized spacial score (nSPS) is 12.7. The lowest BCUT2D eigenvalue weighted by Gasteiger charge is -2.23. The summed E-state index contributed by atoms with van der Waals surface area (Å²) >= 11 is 0. The average Bonchev–Trinajstić information content (AvgIpc) is 3.65. The van der Waals surface area contributed by atoms with Gasteiger partial charge in [-0.1, -0.05) is 54.6 Å². The van der Waals surface area contributed by atoms with Crippen molar-refractivity contribution in [2.45, 2.75) is 26.7 Å². The number of ether oxygens (including phenoxy) is 1. The molecule has 5 rings (SSSR count). The van der Waals surface area contributed by atoms with Crippen LogP contribution in [0.2, 0.25) is 0 Å². The zero-order valence-corrected chi connectivity index (χ0v) is 21.8. The smallest absolute Gasteiger partial charge is 0.254 e. The molecule has 1 fully saturated rings. The Kier molecular flexibility index (Phi) is 7.54. The van der Waals surface area contributed by atoms with Crippen molar-refractivity contribution in [3.8, 4) is 22.7 Å². The highest BCUT2D eigenvalue weighted by Gasteiger charge is 2.29. The van der Waals surface area contributed by atoms with E-state index < -0.39 is 0 Å². The van der Waals surface area contributed by atoms with Gasteiger partial charge in [0, 0.05) is 29.9 Å². The van der Waals surface area contributed by atoms with Gasteiger partial charge in [0.1, 0.15) is 12.3 Å². The Bertz CT molecular complexity index is 1430. The fourth-order valence-electron chi connectivity index (χ4n) is 4.46. The second-order valence-corrected chi connectivity index (χ2v) is 9.61. The molecule has 1 N–H and O–H groups in total. The van der Waals surface area contributed by atoms with Crippen LogP contribution in [-0.4, -0.2) is 46.0 Å². The first-order chi connectivity index (χ1) is 18.5. The van der Waals surface area contributed by atoms with Crippen LogP contribution in [0.5, 0.6) is 5.75 Å². The molecular formula is C31H32N4O3. The van der Waals surface area contributed by atoms with Crippen LogP contribution < -0.4 is 10.1 Å². The molecule has 1 aliphatic rings. The van der Waals surface area contributed by atoms with E-state index in [-0.39, 0.29) is 18.4 Å². The number of benzene rings is 3. The van der Waals surface area contributed by atoms with E-state index in [2.05, 4.69) is 5.32 Å². The zero-order chi connectivity index (χ0) is 26.5. The molecule has 4 aromatic rings. The van der Waals surface area contributed by atoms with Gasteiger partial charge in [-0.3, -0.25) is 19.5 Å². The van der Waals surface area contributed by atoms with Crippen molar-refractivity contribution in [2.24, 2.45) is 5.92 Å². The second kappa shape index (κ2) is 11.3. The third-order valence-electron chi connectivity index (χ3n) is 6.61. The quantitative estimate of drug-likeness (QED) is 0.297. The van der Waals surface area contributed by atoms with Crippen LogP contribution in [0.4, 0.5) is 5.95 Å². The number of aryl methyl sites for hydroxylation is 1. The predicted octanol–water partition coefficient (Wildman–Crippen LogP) is 5.74. The predicted molar refractivity (Wildman–Crippen MR) is 149 cm³/mol. The number of nitrogens with zero attached hydrogens (tertiary/aromatic N) is 3. The van der Waals surface area contributed by atoms with Crippen molar-refractivity contribution in [1.82, 2.24) is 14.5 Å². The van der Waals surface area contributed by atoms with Gasteiger partial charge in [-0.15, -0.1) is 0 Å². The number of hydrogen-bond acceptors (Lipinski definition) is 4. The van der Waals surface area contributed by atoms with Gasteiger partial charge in [0.05, 0.1) is 18.0 Å². The Hall–Kier alpha value is -4.39. The molecule has 7 heteroatoms. The molecule has 38 heavy (non-hydrogen) atoms. The summed E-state index contributed by atoms with van der Waals surface area (Å²) in [4.78, 5) is 33.2. The number of imidazole rings is 1. The van der Waals surface area contributed by atoms with Crippen molar-refractivity contribution in [3.63, 3.8) is 0 Å². The largest absolute Gasteiger partial charge is 0.494 e. The summed E-state index contributed by atoms with van der Waals surface area (Å²) in [6.45, 7) is 4.93. The van der Waals surface area contributed by atoms with Crippen LogP contribution in [-0.2, 0) is 4.79 Å². The van der Waals surface area contributed by atoms with Crippen LogP contribution >= 0.6 is 0 Å². The van der Waals surface area contributed by atoms with Gasteiger partial charge in [0.25, 0.3) is 5.91 Å². The first kappa shape index (κ1) is 25.3. The molecule has 0 saturated heterocycles. The van der Waals surface area contributed by atoms with Crippen LogP contribution in [0.1, 0.15) is 35.7 Å². The highest BCUT2D eigenvalue weighted by atomic mass is 16.5. The minimum Gasteiger partial charge on any atom is -0.494 e. The molecule has 0 spiro atoms. The first-order valence-electron chi connectivity index (χ1n) is 13.0. The van der Waals surface area contributed by atoms with Gasteiger partial charge in [0.2, 0.25) is 11.9 Å². The molecule has 0 aliphatic heterocycles. The van der Waals surface area contributed by atoms with E-state index in [9.17, 15) is 9.59 Å². The number of anilines is 1. The molecular weight excluding hydrogens is 476 g/mol. The number of aromatic nitrogens is 2. The molecule has 194 valence electrons. The Labute approximate surface area is 223 Å². The highest BCUT2D eigenvalue weighted by molar-refractivity contribution is 6.00. The van der Waals surface area contributed by atoms with Gasteiger partial charge in [-0.25, -0.2) is 4.98 Å². The van der Waals surface area contributed by atoms with Gasteiger partial charge in [0.15, 0.2) is 0 Å². The van der Waals surface area contributed by atoms with E-state index in [0.29, 0.717) is 30.6 Å². The fourth-order valence-corrected chi connectivity index (χ4v) is 4.46. The van der Waals surface area contributed by atoms with E-state index in [4.69, 9.17) is 9.72 Å². The van der Waals surface area contributed by atoms with E-state index in [1.807, 2.05) is 103 Å². The lowest BCUT2D eigenvalue weighted by molar-refractivity contribution is -0.117. The third-order valence-corrected chi connectivity index (χ3v) is 6.61. The molecule has 0 atom stereocenters. The summed E-state index contributed by atoms with van der Waals surface area (Å²) < 4.78 is 7.53. The zero-order valence-electron chi connectivity index (χ0n) is 21.8. The van der Waals surface area contributed by atoms with Crippen LogP contribution in [0, 0.1) is 12.8 Å². The van der Waals surface area contributed by atoms with Gasteiger partial charge >= 0.3 is 0 Å². The van der Waals surface area contributed by atoms with E-state index in [1.54, 1.807) is 4.90 Å². The number of nitrogens with one attached hydrogen (secondary N) is 1. The minimum atomic E-state index is -0.292. The number of carbonyl (C=O) groups excluding carboxylic acids is 2. The molecule has 3 aromatic carbocycles. The molecule has 7 nitrogen and oxygen atoms in total. The lowest BCUT2D eigenvalue weighted by Crippen LogP contribution is -2.40. The molecule has 1 heterocycles. The SMILES string of the molecule is CCOc1cccc(-n2cc(-c3ccccc3)nc2NC(=O)CN(CC2CC2)C(=O)c2ccccc2C)c1. The summed E-state index contributed by atoms with van der Waals surface area (Å²) in [5.41, 5.74) is 4.01. The van der Waals surface area contributed by atoms with Crippen molar-refractivity contribution in [1.29, 1.82) is 0 Å². The first-order valence-corrected chi connectivity index (χ1v) is 13.0. The van der Waals surface area contributed by atoms with Gasteiger partial charge in [-0.05, 0) is 56.4 Å². The Morgan fingerprint density at radius 1 is 1.03 bits per heavy atom. The molecule has 0 bridgehead atoms. The van der Waals surface area contributed by atoms with Crippen LogP contribution in [0.3, 0.4) is 0 Å². The van der Waals surface area contributed by atoms with E-state index in [1.165, 1.54) is 0 Å². The lowest BCUT2D eigenvalue weighted by atomic mass is 10.1. The van der Waals surface area contributed by atoms with Crippen molar-refractivity contribution < 1.29 is 14.3 Å². The summed E-state index contributed by atoms with van der Waals surface area (Å²) in [5, 5.41) is 2.97. The molecule has 1 aliphatic carbocycles. The third kappa shape index (κ3) is 5.94. The number of carbonyl (C=O) groups is 2. The number of amides is 2. The summed E-state index contributed by atoms with van der Waals surface area (Å²) in [6.07, 6.45) is 4.07. The topological polar surface area (TPSA) is 76.5 Å². The summed E-state index contributed by atoms with van der Waals surface area (Å²) in [7, 11) is 0. The fraction of sp³-hybridized carbons (Fsp3) is 0.258. The average molecular weight is 509 g/mol. The highest BCUT2D eigenvalue weighted by Crippen LogP contribution is 2.31.